The van der Waals surface area contributed by atoms with Crippen LogP contribution in [-0.2, 0) is 13.0 Å². The predicted octanol–water partition coefficient (Wildman–Crippen LogP) is 3.56. The lowest BCUT2D eigenvalue weighted by molar-refractivity contribution is 0.284. The molecule has 0 aliphatic rings. The van der Waals surface area contributed by atoms with E-state index in [-0.39, 0.29) is 6.61 Å². The number of halogens is 1. The van der Waals surface area contributed by atoms with Crippen molar-refractivity contribution in [2.75, 3.05) is 0 Å². The first kappa shape index (κ1) is 10.4. The number of aliphatic hydroxyl groups excluding tert-OH is 1. The number of fused-ring (bicyclic) bond motifs is 1. The summed E-state index contributed by atoms with van der Waals surface area (Å²) < 4.78 is 2.59. The summed E-state index contributed by atoms with van der Waals surface area (Å²) in [4.78, 5) is 0. The molecule has 0 bridgehead atoms. The minimum atomic E-state index is 0.142. The first-order valence-corrected chi connectivity index (χ1v) is 6.51. The van der Waals surface area contributed by atoms with E-state index in [0.717, 1.165) is 12.0 Å². The molecule has 0 unspecified atom stereocenters. The zero-order valence-corrected chi connectivity index (χ0v) is 10.9. The molecule has 1 nitrogen and oxygen atoms in total. The molecule has 0 saturated heterocycles. The van der Waals surface area contributed by atoms with Crippen LogP contribution in [0.15, 0.2) is 17.5 Å². The van der Waals surface area contributed by atoms with E-state index in [1.54, 1.807) is 11.3 Å². The molecule has 2 rings (SSSR count). The third-order valence-electron chi connectivity index (χ3n) is 2.35. The van der Waals surface area contributed by atoms with Gasteiger partial charge in [-0.3, -0.25) is 0 Å². The van der Waals surface area contributed by atoms with Crippen molar-refractivity contribution in [2.24, 2.45) is 0 Å². The van der Waals surface area contributed by atoms with E-state index in [9.17, 15) is 5.11 Å². The van der Waals surface area contributed by atoms with Crippen LogP contribution in [0.25, 0.3) is 10.1 Å². The van der Waals surface area contributed by atoms with E-state index in [0.29, 0.717) is 0 Å². The van der Waals surface area contributed by atoms with Crippen LogP contribution in [0.3, 0.4) is 0 Å². The summed E-state index contributed by atoms with van der Waals surface area (Å²) in [6.45, 7) is 2.30. The number of hydrogen-bond acceptors (Lipinski definition) is 2. The van der Waals surface area contributed by atoms with Crippen molar-refractivity contribution in [2.45, 2.75) is 20.0 Å². The first-order chi connectivity index (χ1) is 6.76. The molecular weight excluding hydrogens is 307 g/mol. The number of aryl methyl sites for hydroxylation is 1. The Hall–Kier alpha value is -0.130. The van der Waals surface area contributed by atoms with Gasteiger partial charge in [-0.1, -0.05) is 6.92 Å². The minimum absolute atomic E-state index is 0.142. The van der Waals surface area contributed by atoms with Gasteiger partial charge in [-0.2, -0.15) is 0 Å². The monoisotopic (exact) mass is 318 g/mol. The smallest absolute Gasteiger partial charge is 0.0696 e. The molecule has 0 aliphatic heterocycles. The number of rotatable bonds is 2. The quantitative estimate of drug-likeness (QED) is 0.840. The summed E-state index contributed by atoms with van der Waals surface area (Å²) in [5, 5.41) is 12.5. The van der Waals surface area contributed by atoms with Crippen molar-refractivity contribution in [3.8, 4) is 0 Å². The van der Waals surface area contributed by atoms with Crippen LogP contribution in [-0.4, -0.2) is 5.11 Å². The largest absolute Gasteiger partial charge is 0.392 e. The molecule has 1 aromatic carbocycles. The van der Waals surface area contributed by atoms with Gasteiger partial charge < -0.3 is 5.11 Å². The van der Waals surface area contributed by atoms with E-state index in [2.05, 4.69) is 41.6 Å². The van der Waals surface area contributed by atoms with E-state index < -0.39 is 0 Å². The van der Waals surface area contributed by atoms with Crippen LogP contribution >= 0.6 is 33.9 Å². The molecule has 0 radical (unpaired) electrons. The lowest BCUT2D eigenvalue weighted by Crippen LogP contribution is -1.85. The number of thiophene rings is 1. The van der Waals surface area contributed by atoms with Crippen LogP contribution in [0, 0.1) is 3.57 Å². The summed E-state index contributed by atoms with van der Waals surface area (Å²) in [5.74, 6) is 0. The Kier molecular flexibility index (Phi) is 3.09. The van der Waals surface area contributed by atoms with Gasteiger partial charge in [0.1, 0.15) is 0 Å². The summed E-state index contributed by atoms with van der Waals surface area (Å²) >= 11 is 4.08. The van der Waals surface area contributed by atoms with Crippen LogP contribution in [0.5, 0.6) is 0 Å². The summed E-state index contributed by atoms with van der Waals surface area (Å²) in [6, 6.07) is 4.42. The van der Waals surface area contributed by atoms with Crippen molar-refractivity contribution >= 4 is 44.0 Å². The van der Waals surface area contributed by atoms with E-state index in [4.69, 9.17) is 0 Å². The second-order valence-electron chi connectivity index (χ2n) is 3.23. The Balaban J connectivity index is 2.73. The van der Waals surface area contributed by atoms with Crippen molar-refractivity contribution in [3.63, 3.8) is 0 Å². The number of hydrogen-bond donors (Lipinski definition) is 1. The van der Waals surface area contributed by atoms with Gasteiger partial charge in [0.25, 0.3) is 0 Å². The van der Waals surface area contributed by atoms with Crippen LogP contribution in [0.4, 0.5) is 0 Å². The molecule has 0 saturated carbocycles. The summed E-state index contributed by atoms with van der Waals surface area (Å²) in [7, 11) is 0. The summed E-state index contributed by atoms with van der Waals surface area (Å²) in [5.41, 5.74) is 2.40. The standard InChI is InChI=1S/C11H11IOS/c1-2-7-3-9-8(5-13)6-14-11(9)10(12)4-7/h3-4,6,13H,2,5H2,1H3. The van der Waals surface area contributed by atoms with Crippen LogP contribution in [0.2, 0.25) is 0 Å². The van der Waals surface area contributed by atoms with Crippen LogP contribution < -0.4 is 0 Å². The molecule has 0 aliphatic carbocycles. The molecule has 3 heteroatoms. The second-order valence-corrected chi connectivity index (χ2v) is 5.27. The molecule has 2 aromatic rings. The van der Waals surface area contributed by atoms with E-state index in [1.807, 2.05) is 5.38 Å². The Bertz CT molecular complexity index is 462. The number of benzene rings is 1. The Morgan fingerprint density at radius 3 is 2.86 bits per heavy atom. The van der Waals surface area contributed by atoms with Gasteiger partial charge in [-0.15, -0.1) is 11.3 Å². The fourth-order valence-corrected chi connectivity index (χ4v) is 3.55. The Morgan fingerprint density at radius 1 is 1.43 bits per heavy atom. The maximum absolute atomic E-state index is 9.18. The molecule has 0 atom stereocenters. The van der Waals surface area contributed by atoms with E-state index >= 15 is 0 Å². The third-order valence-corrected chi connectivity index (χ3v) is 4.64. The van der Waals surface area contributed by atoms with Crippen molar-refractivity contribution in [1.29, 1.82) is 0 Å². The molecule has 74 valence electrons. The average molecular weight is 318 g/mol. The lowest BCUT2D eigenvalue weighted by atomic mass is 10.1. The van der Waals surface area contributed by atoms with Gasteiger partial charge in [-0.25, -0.2) is 0 Å². The van der Waals surface area contributed by atoms with Gasteiger partial charge >= 0.3 is 0 Å². The lowest BCUT2D eigenvalue weighted by Gasteiger charge is -2.01. The normalized spacial score (nSPS) is 11.1. The first-order valence-electron chi connectivity index (χ1n) is 4.55. The molecule has 14 heavy (non-hydrogen) atoms. The van der Waals surface area contributed by atoms with Gasteiger partial charge in [0.05, 0.1) is 6.61 Å². The maximum Gasteiger partial charge on any atom is 0.0696 e. The fraction of sp³-hybridized carbons (Fsp3) is 0.273. The zero-order valence-electron chi connectivity index (χ0n) is 7.88. The summed E-state index contributed by atoms with van der Waals surface area (Å²) in [6.07, 6.45) is 1.05. The number of aliphatic hydroxyl groups is 1. The van der Waals surface area contributed by atoms with Crippen molar-refractivity contribution in [1.82, 2.24) is 0 Å². The molecule has 0 amide bonds. The highest BCUT2D eigenvalue weighted by atomic mass is 127. The molecule has 0 spiro atoms. The Labute approximate surface area is 101 Å². The predicted molar refractivity (Wildman–Crippen MR) is 69.8 cm³/mol. The van der Waals surface area contributed by atoms with Crippen LogP contribution in [0.1, 0.15) is 18.1 Å². The molecule has 1 heterocycles. The van der Waals surface area contributed by atoms with Gasteiger partial charge in [0.2, 0.25) is 0 Å². The van der Waals surface area contributed by atoms with Gasteiger partial charge in [0, 0.05) is 8.27 Å². The fourth-order valence-electron chi connectivity index (χ4n) is 1.53. The molecule has 1 aromatic heterocycles. The zero-order chi connectivity index (χ0) is 10.1. The van der Waals surface area contributed by atoms with Crippen molar-refractivity contribution < 1.29 is 5.11 Å². The highest BCUT2D eigenvalue weighted by Gasteiger charge is 2.07. The molecular formula is C11H11IOS. The highest BCUT2D eigenvalue weighted by Crippen LogP contribution is 2.31. The molecule has 0 fully saturated rings. The van der Waals surface area contributed by atoms with E-state index in [1.165, 1.54) is 19.2 Å². The third kappa shape index (κ3) is 1.68. The topological polar surface area (TPSA) is 20.2 Å². The van der Waals surface area contributed by atoms with Gasteiger partial charge in [0.15, 0.2) is 0 Å². The minimum Gasteiger partial charge on any atom is -0.392 e. The average Bonchev–Trinajstić information content (AvgIpc) is 2.61. The second kappa shape index (κ2) is 4.16. The van der Waals surface area contributed by atoms with Crippen molar-refractivity contribution in [3.05, 3.63) is 32.2 Å². The Morgan fingerprint density at radius 2 is 2.21 bits per heavy atom. The maximum atomic E-state index is 9.18. The SMILES string of the molecule is CCc1cc(I)c2scc(CO)c2c1. The highest BCUT2D eigenvalue weighted by molar-refractivity contribution is 14.1. The molecule has 1 N–H and O–H groups in total. The van der Waals surface area contributed by atoms with Gasteiger partial charge in [-0.05, 0) is 63.0 Å².